The maximum atomic E-state index is 12.0. The van der Waals surface area contributed by atoms with Gasteiger partial charge in [0.1, 0.15) is 6.42 Å². The lowest BCUT2D eigenvalue weighted by Crippen LogP contribution is -2.21. The lowest BCUT2D eigenvalue weighted by molar-refractivity contribution is -0.150. The molecule has 0 fully saturated rings. The van der Waals surface area contributed by atoms with Crippen LogP contribution in [0.2, 0.25) is 5.02 Å². The van der Waals surface area contributed by atoms with Crippen molar-refractivity contribution in [2.45, 2.75) is 12.6 Å². The zero-order valence-electron chi connectivity index (χ0n) is 9.64. The lowest BCUT2D eigenvalue weighted by atomic mass is 10.2. The van der Waals surface area contributed by atoms with Gasteiger partial charge in [0, 0.05) is 5.56 Å². The van der Waals surface area contributed by atoms with Gasteiger partial charge in [-0.1, -0.05) is 23.4 Å². The van der Waals surface area contributed by atoms with E-state index >= 15 is 0 Å². The van der Waals surface area contributed by atoms with Crippen molar-refractivity contribution in [2.75, 3.05) is 11.9 Å². The van der Waals surface area contributed by atoms with Crippen LogP contribution in [0.15, 0.2) is 18.2 Å². The number of anilines is 1. The minimum absolute atomic E-state index is 0.0831. The molecule has 3 nitrogen and oxygen atoms in total. The smallest absolute Gasteiger partial charge is 0.324 e. The molecular weight excluding hydrogens is 281 g/mol. The van der Waals surface area contributed by atoms with Crippen LogP contribution in [-0.2, 0) is 4.79 Å². The molecule has 0 aromatic heterocycles. The van der Waals surface area contributed by atoms with Crippen LogP contribution in [0.5, 0.6) is 0 Å². The molecule has 1 rings (SSSR count). The number of carbonyl (C=O) groups excluding carboxylic acids is 1. The summed E-state index contributed by atoms with van der Waals surface area (Å²) in [5.74, 6) is 4.09. The van der Waals surface area contributed by atoms with Crippen LogP contribution < -0.4 is 11.1 Å². The SMILES string of the molecule is NCC#Cc1ccc(Cl)c(NC(=O)CC(F)(F)F)c1. The van der Waals surface area contributed by atoms with Gasteiger partial charge in [0.25, 0.3) is 0 Å². The number of nitrogens with one attached hydrogen (secondary N) is 1. The minimum atomic E-state index is -4.56. The summed E-state index contributed by atoms with van der Waals surface area (Å²) in [6, 6.07) is 4.40. The molecule has 0 heterocycles. The Kier molecular flexibility index (Phi) is 5.21. The monoisotopic (exact) mass is 290 g/mol. The molecule has 0 aliphatic rings. The largest absolute Gasteiger partial charge is 0.397 e. The van der Waals surface area contributed by atoms with E-state index in [1.54, 1.807) is 6.07 Å². The molecule has 0 unspecified atom stereocenters. The van der Waals surface area contributed by atoms with E-state index in [1.807, 2.05) is 0 Å². The maximum absolute atomic E-state index is 12.0. The number of benzene rings is 1. The van der Waals surface area contributed by atoms with Crippen molar-refractivity contribution >= 4 is 23.2 Å². The Morgan fingerprint density at radius 2 is 2.11 bits per heavy atom. The third kappa shape index (κ3) is 5.64. The second kappa shape index (κ2) is 6.45. The average Bonchev–Trinajstić information content (AvgIpc) is 2.27. The van der Waals surface area contributed by atoms with Crippen molar-refractivity contribution in [3.05, 3.63) is 28.8 Å². The van der Waals surface area contributed by atoms with Crippen molar-refractivity contribution in [1.82, 2.24) is 0 Å². The number of carbonyl (C=O) groups is 1. The number of hydrogen-bond acceptors (Lipinski definition) is 2. The predicted octanol–water partition coefficient (Wildman–Crippen LogP) is 2.54. The molecule has 0 aliphatic carbocycles. The first kappa shape index (κ1) is 15.3. The fourth-order valence-corrected chi connectivity index (χ4v) is 1.39. The zero-order chi connectivity index (χ0) is 14.5. The van der Waals surface area contributed by atoms with E-state index in [2.05, 4.69) is 17.2 Å². The van der Waals surface area contributed by atoms with Gasteiger partial charge in [0.15, 0.2) is 0 Å². The standard InChI is InChI=1S/C12H10ClF3N2O/c13-9-4-3-8(2-1-5-17)6-10(9)18-11(19)7-12(14,15)16/h3-4,6H,5,7,17H2,(H,18,19). The van der Waals surface area contributed by atoms with Gasteiger partial charge in [0.2, 0.25) is 5.91 Å². The van der Waals surface area contributed by atoms with Crippen molar-refractivity contribution in [1.29, 1.82) is 0 Å². The van der Waals surface area contributed by atoms with Crippen LogP contribution >= 0.6 is 11.6 Å². The Labute approximate surface area is 112 Å². The maximum Gasteiger partial charge on any atom is 0.397 e. The van der Waals surface area contributed by atoms with Crippen molar-refractivity contribution < 1.29 is 18.0 Å². The average molecular weight is 291 g/mol. The molecule has 0 radical (unpaired) electrons. The molecule has 1 aromatic carbocycles. The quantitative estimate of drug-likeness (QED) is 0.823. The van der Waals surface area contributed by atoms with Gasteiger partial charge in [-0.25, -0.2) is 0 Å². The summed E-state index contributed by atoms with van der Waals surface area (Å²) in [5.41, 5.74) is 5.78. The van der Waals surface area contributed by atoms with Gasteiger partial charge in [-0.3, -0.25) is 4.79 Å². The second-order valence-corrected chi connectivity index (χ2v) is 3.95. The van der Waals surface area contributed by atoms with Gasteiger partial charge in [0.05, 0.1) is 17.3 Å². The highest BCUT2D eigenvalue weighted by atomic mass is 35.5. The van der Waals surface area contributed by atoms with Crippen molar-refractivity contribution in [3.63, 3.8) is 0 Å². The lowest BCUT2D eigenvalue weighted by Gasteiger charge is -2.09. The fraction of sp³-hybridized carbons (Fsp3) is 0.250. The molecular formula is C12H10ClF3N2O. The van der Waals surface area contributed by atoms with E-state index in [4.69, 9.17) is 17.3 Å². The number of alkyl halides is 3. The molecule has 0 saturated carbocycles. The summed E-state index contributed by atoms with van der Waals surface area (Å²) in [7, 11) is 0. The van der Waals surface area contributed by atoms with E-state index in [-0.39, 0.29) is 17.3 Å². The van der Waals surface area contributed by atoms with Gasteiger partial charge in [-0.05, 0) is 18.2 Å². The first-order chi connectivity index (χ1) is 8.81. The molecule has 19 heavy (non-hydrogen) atoms. The fourth-order valence-electron chi connectivity index (χ4n) is 1.23. The molecule has 0 bridgehead atoms. The summed E-state index contributed by atoms with van der Waals surface area (Å²) >= 11 is 5.78. The van der Waals surface area contributed by atoms with E-state index in [1.165, 1.54) is 12.1 Å². The van der Waals surface area contributed by atoms with Crippen LogP contribution in [0.4, 0.5) is 18.9 Å². The highest BCUT2D eigenvalue weighted by molar-refractivity contribution is 6.33. The van der Waals surface area contributed by atoms with Gasteiger partial charge in [-0.15, -0.1) is 0 Å². The molecule has 1 amide bonds. The van der Waals surface area contributed by atoms with Crippen molar-refractivity contribution in [3.8, 4) is 11.8 Å². The highest BCUT2D eigenvalue weighted by Gasteiger charge is 2.31. The van der Waals surface area contributed by atoms with Crippen LogP contribution in [-0.4, -0.2) is 18.6 Å². The molecule has 0 spiro atoms. The van der Waals surface area contributed by atoms with Crippen molar-refractivity contribution in [2.24, 2.45) is 5.73 Å². The molecule has 0 aliphatic heterocycles. The van der Waals surface area contributed by atoms with Gasteiger partial charge < -0.3 is 11.1 Å². The minimum Gasteiger partial charge on any atom is -0.324 e. The van der Waals surface area contributed by atoms with E-state index in [0.717, 1.165) is 0 Å². The van der Waals surface area contributed by atoms with Crippen LogP contribution in [0, 0.1) is 11.8 Å². The molecule has 0 saturated heterocycles. The van der Waals surface area contributed by atoms with E-state index < -0.39 is 18.5 Å². The second-order valence-electron chi connectivity index (χ2n) is 3.54. The summed E-state index contributed by atoms with van der Waals surface area (Å²) in [5, 5.41) is 2.23. The van der Waals surface area contributed by atoms with Gasteiger partial charge >= 0.3 is 6.18 Å². The highest BCUT2D eigenvalue weighted by Crippen LogP contribution is 2.25. The van der Waals surface area contributed by atoms with Crippen LogP contribution in [0.25, 0.3) is 0 Å². The number of hydrogen-bond donors (Lipinski definition) is 2. The zero-order valence-corrected chi connectivity index (χ0v) is 10.4. The number of nitrogens with two attached hydrogens (primary N) is 1. The van der Waals surface area contributed by atoms with E-state index in [9.17, 15) is 18.0 Å². The molecule has 7 heteroatoms. The number of amides is 1. The third-order valence-electron chi connectivity index (χ3n) is 1.94. The summed E-state index contributed by atoms with van der Waals surface area (Å²) < 4.78 is 36.1. The Balaban J connectivity index is 2.85. The molecule has 102 valence electrons. The summed E-state index contributed by atoms with van der Waals surface area (Å²) in [4.78, 5) is 11.2. The topological polar surface area (TPSA) is 55.1 Å². The normalized spacial score (nSPS) is 10.6. The summed E-state index contributed by atoms with van der Waals surface area (Å²) in [6.45, 7) is 0.151. The summed E-state index contributed by atoms with van der Waals surface area (Å²) in [6.07, 6.45) is -6.13. The number of halogens is 4. The third-order valence-corrected chi connectivity index (χ3v) is 2.27. The Bertz CT molecular complexity index is 532. The Morgan fingerprint density at radius 1 is 1.42 bits per heavy atom. The molecule has 1 aromatic rings. The Hall–Kier alpha value is -1.71. The first-order valence-electron chi connectivity index (χ1n) is 5.17. The van der Waals surface area contributed by atoms with Crippen LogP contribution in [0.3, 0.4) is 0 Å². The van der Waals surface area contributed by atoms with Crippen LogP contribution in [0.1, 0.15) is 12.0 Å². The molecule has 3 N–H and O–H groups in total. The predicted molar refractivity (Wildman–Crippen MR) is 66.7 cm³/mol. The first-order valence-corrected chi connectivity index (χ1v) is 5.54. The molecule has 0 atom stereocenters. The van der Waals surface area contributed by atoms with E-state index in [0.29, 0.717) is 5.56 Å². The Morgan fingerprint density at radius 3 is 2.68 bits per heavy atom. The van der Waals surface area contributed by atoms with Gasteiger partial charge in [-0.2, -0.15) is 13.2 Å². The number of rotatable bonds is 2.